The summed E-state index contributed by atoms with van der Waals surface area (Å²) in [4.78, 5) is 12.5. The molecule has 1 heterocycles. The van der Waals surface area contributed by atoms with Gasteiger partial charge in [-0.25, -0.2) is 4.39 Å². The van der Waals surface area contributed by atoms with Gasteiger partial charge >= 0.3 is 0 Å². The predicted molar refractivity (Wildman–Crippen MR) is 75.5 cm³/mol. The van der Waals surface area contributed by atoms with Gasteiger partial charge in [0.25, 0.3) is 0 Å². The summed E-state index contributed by atoms with van der Waals surface area (Å²) in [6.45, 7) is 7.40. The summed E-state index contributed by atoms with van der Waals surface area (Å²) in [5.41, 5.74) is 4.85. The fourth-order valence-corrected chi connectivity index (χ4v) is 2.82. The number of hydrogen-bond acceptors (Lipinski definition) is 4. The number of carbonyl (C=O) groups excluding carboxylic acids is 1. The highest BCUT2D eigenvalue weighted by atomic mass is 28.4. The third-order valence-corrected chi connectivity index (χ3v) is 3.78. The highest BCUT2D eigenvalue weighted by molar-refractivity contribution is 6.70. The SMILES string of the molecule is CC1(c2cccc(F)c2)OC(N)=C(O[Si](C)(C)C)C1=O. The van der Waals surface area contributed by atoms with E-state index in [1.54, 1.807) is 13.0 Å². The smallest absolute Gasteiger partial charge is 0.249 e. The van der Waals surface area contributed by atoms with Crippen LogP contribution in [0, 0.1) is 5.82 Å². The van der Waals surface area contributed by atoms with Crippen LogP contribution in [0.4, 0.5) is 4.39 Å². The molecule has 20 heavy (non-hydrogen) atoms. The van der Waals surface area contributed by atoms with Crippen LogP contribution in [0.3, 0.4) is 0 Å². The van der Waals surface area contributed by atoms with Gasteiger partial charge in [-0.1, -0.05) is 12.1 Å². The van der Waals surface area contributed by atoms with Gasteiger partial charge < -0.3 is 14.9 Å². The van der Waals surface area contributed by atoms with E-state index in [1.165, 1.54) is 18.2 Å². The van der Waals surface area contributed by atoms with Crippen LogP contribution < -0.4 is 5.73 Å². The number of rotatable bonds is 3. The van der Waals surface area contributed by atoms with Crippen LogP contribution in [0.1, 0.15) is 12.5 Å². The summed E-state index contributed by atoms with van der Waals surface area (Å²) in [5, 5.41) is 0. The van der Waals surface area contributed by atoms with Gasteiger partial charge in [-0.15, -0.1) is 0 Å². The maximum atomic E-state index is 13.3. The third-order valence-electron chi connectivity index (χ3n) is 2.96. The Bertz CT molecular complexity index is 594. The van der Waals surface area contributed by atoms with Crippen LogP contribution in [0.15, 0.2) is 35.9 Å². The number of ketones is 1. The normalized spacial score (nSPS) is 22.9. The number of halogens is 1. The quantitative estimate of drug-likeness (QED) is 0.871. The highest BCUT2D eigenvalue weighted by Gasteiger charge is 2.49. The Morgan fingerprint density at radius 3 is 2.55 bits per heavy atom. The van der Waals surface area contributed by atoms with Crippen LogP contribution in [0.25, 0.3) is 0 Å². The Morgan fingerprint density at radius 2 is 2.00 bits per heavy atom. The van der Waals surface area contributed by atoms with Crippen molar-refractivity contribution in [3.63, 3.8) is 0 Å². The first-order valence-electron chi connectivity index (χ1n) is 6.32. The van der Waals surface area contributed by atoms with Crippen molar-refractivity contribution in [2.24, 2.45) is 5.73 Å². The van der Waals surface area contributed by atoms with Gasteiger partial charge in [0.2, 0.25) is 25.7 Å². The molecule has 6 heteroatoms. The molecule has 0 aromatic heterocycles. The zero-order valence-electron chi connectivity index (χ0n) is 12.0. The van der Waals surface area contributed by atoms with E-state index >= 15 is 0 Å². The average molecular weight is 295 g/mol. The van der Waals surface area contributed by atoms with Crippen LogP contribution in [-0.4, -0.2) is 14.1 Å². The first-order chi connectivity index (χ1) is 9.13. The number of benzene rings is 1. The summed E-state index contributed by atoms with van der Waals surface area (Å²) in [5.74, 6) is -0.790. The Balaban J connectivity index is 2.37. The van der Waals surface area contributed by atoms with E-state index in [0.717, 1.165) is 0 Å². The van der Waals surface area contributed by atoms with E-state index in [1.807, 2.05) is 19.6 Å². The molecule has 1 atom stereocenters. The van der Waals surface area contributed by atoms with Gasteiger partial charge in [-0.3, -0.25) is 4.79 Å². The minimum Gasteiger partial charge on any atom is -0.538 e. The lowest BCUT2D eigenvalue weighted by molar-refractivity contribution is -0.131. The molecule has 1 unspecified atom stereocenters. The Hall–Kier alpha value is -1.82. The number of hydrogen-bond donors (Lipinski definition) is 1. The molecule has 108 valence electrons. The molecule has 1 aromatic rings. The van der Waals surface area contributed by atoms with E-state index in [9.17, 15) is 9.18 Å². The van der Waals surface area contributed by atoms with Gasteiger partial charge in [0.1, 0.15) is 5.82 Å². The fraction of sp³-hybridized carbons (Fsp3) is 0.357. The molecule has 1 aliphatic heterocycles. The standard InChI is InChI=1S/C14H18FNO3Si/c1-14(9-6-5-7-10(15)8-9)12(17)11(13(16)18-14)19-20(2,3)4/h5-8H,16H2,1-4H3. The van der Waals surface area contributed by atoms with Gasteiger partial charge in [0.15, 0.2) is 5.60 Å². The van der Waals surface area contributed by atoms with Crippen LogP contribution in [-0.2, 0) is 19.6 Å². The van der Waals surface area contributed by atoms with Gasteiger partial charge in [-0.05, 0) is 38.7 Å². The van der Waals surface area contributed by atoms with Crippen molar-refractivity contribution in [3.05, 3.63) is 47.3 Å². The van der Waals surface area contributed by atoms with Crippen LogP contribution in [0.5, 0.6) is 0 Å². The lowest BCUT2D eigenvalue weighted by Crippen LogP contribution is -2.34. The predicted octanol–water partition coefficient (Wildman–Crippen LogP) is 2.62. The zero-order valence-corrected chi connectivity index (χ0v) is 13.0. The lowest BCUT2D eigenvalue weighted by atomic mass is 9.91. The summed E-state index contributed by atoms with van der Waals surface area (Å²) in [7, 11) is -1.99. The molecule has 2 rings (SSSR count). The van der Waals surface area contributed by atoms with Crippen molar-refractivity contribution in [1.29, 1.82) is 0 Å². The Labute approximate surface area is 118 Å². The molecular weight excluding hydrogens is 277 g/mol. The minimum absolute atomic E-state index is 0.0378. The fourth-order valence-electron chi connectivity index (χ4n) is 2.02. The zero-order chi connectivity index (χ0) is 15.1. The molecule has 1 aliphatic rings. The van der Waals surface area contributed by atoms with Crippen LogP contribution >= 0.6 is 0 Å². The van der Waals surface area contributed by atoms with Crippen molar-refractivity contribution in [3.8, 4) is 0 Å². The molecule has 0 amide bonds. The highest BCUT2D eigenvalue weighted by Crippen LogP contribution is 2.38. The molecule has 2 N–H and O–H groups in total. The molecule has 1 aromatic carbocycles. The molecule has 0 bridgehead atoms. The first kappa shape index (κ1) is 14.6. The maximum absolute atomic E-state index is 13.3. The second kappa shape index (κ2) is 4.62. The van der Waals surface area contributed by atoms with E-state index in [2.05, 4.69) is 0 Å². The topological polar surface area (TPSA) is 61.6 Å². The second-order valence-corrected chi connectivity index (χ2v) is 10.3. The molecule has 4 nitrogen and oxygen atoms in total. The second-order valence-electron chi connectivity index (χ2n) is 5.88. The van der Waals surface area contributed by atoms with Crippen LogP contribution in [0.2, 0.25) is 19.6 Å². The maximum Gasteiger partial charge on any atom is 0.249 e. The van der Waals surface area contributed by atoms with E-state index in [4.69, 9.17) is 14.9 Å². The van der Waals surface area contributed by atoms with Crippen molar-refractivity contribution >= 4 is 14.1 Å². The third kappa shape index (κ3) is 2.56. The lowest BCUT2D eigenvalue weighted by Gasteiger charge is -2.24. The van der Waals surface area contributed by atoms with E-state index in [-0.39, 0.29) is 17.4 Å². The summed E-state index contributed by atoms with van der Waals surface area (Å²) >= 11 is 0. The van der Waals surface area contributed by atoms with E-state index < -0.39 is 19.7 Å². The number of ether oxygens (including phenoxy) is 1. The van der Waals surface area contributed by atoms with Crippen molar-refractivity contribution in [2.45, 2.75) is 32.2 Å². The molecule has 0 fully saturated rings. The molecule has 0 radical (unpaired) electrons. The number of nitrogens with two attached hydrogens (primary N) is 1. The summed E-state index contributed by atoms with van der Waals surface area (Å²) < 4.78 is 24.5. The van der Waals surface area contributed by atoms with Crippen molar-refractivity contribution in [1.82, 2.24) is 0 Å². The van der Waals surface area contributed by atoms with Crippen molar-refractivity contribution < 1.29 is 18.3 Å². The Kier molecular flexibility index (Phi) is 3.37. The molecule has 0 spiro atoms. The van der Waals surface area contributed by atoms with Gasteiger partial charge in [-0.2, -0.15) is 0 Å². The first-order valence-corrected chi connectivity index (χ1v) is 9.73. The van der Waals surface area contributed by atoms with Gasteiger partial charge in [0.05, 0.1) is 0 Å². The average Bonchev–Trinajstić information content (AvgIpc) is 2.53. The summed E-state index contributed by atoms with van der Waals surface area (Å²) in [6, 6.07) is 5.73. The molecule has 0 aliphatic carbocycles. The summed E-state index contributed by atoms with van der Waals surface area (Å²) in [6.07, 6.45) is 0. The molecule has 0 saturated heterocycles. The molecule has 0 saturated carbocycles. The van der Waals surface area contributed by atoms with E-state index in [0.29, 0.717) is 5.56 Å². The Morgan fingerprint density at radius 1 is 1.35 bits per heavy atom. The molecular formula is C14H18FNO3Si. The number of Topliss-reactive ketones (excluding diaryl/α,β-unsaturated/α-hetero) is 1. The van der Waals surface area contributed by atoms with Crippen molar-refractivity contribution in [2.75, 3.05) is 0 Å². The monoisotopic (exact) mass is 295 g/mol. The minimum atomic E-state index is -1.99. The largest absolute Gasteiger partial charge is 0.538 e. The number of carbonyl (C=O) groups is 1. The van der Waals surface area contributed by atoms with Gasteiger partial charge in [0, 0.05) is 5.56 Å².